The fraction of sp³-hybridized carbons (Fsp3) is 0.158. The molecule has 2 rings (SSSR count). The van der Waals surface area contributed by atoms with Crippen molar-refractivity contribution in [1.29, 1.82) is 0 Å². The number of para-hydroxylation sites is 1. The molecule has 0 unspecified atom stereocenters. The molecule has 0 radical (unpaired) electrons. The van der Waals surface area contributed by atoms with Crippen molar-refractivity contribution >= 4 is 16.7 Å². The number of ketones is 1. The molecule has 0 saturated carbocycles. The highest BCUT2D eigenvalue weighted by Crippen LogP contribution is 2.16. The van der Waals surface area contributed by atoms with E-state index in [1.54, 1.807) is 29.7 Å². The van der Waals surface area contributed by atoms with Gasteiger partial charge in [-0.15, -0.1) is 0 Å². The molecule has 0 aliphatic heterocycles. The minimum atomic E-state index is -0.262. The quantitative estimate of drug-likeness (QED) is 0.598. The fourth-order valence-corrected chi connectivity index (χ4v) is 2.39. The third kappa shape index (κ3) is 2.98. The van der Waals surface area contributed by atoms with Crippen LogP contribution in [0.25, 0.3) is 10.9 Å². The summed E-state index contributed by atoms with van der Waals surface area (Å²) in [7, 11) is 0. The summed E-state index contributed by atoms with van der Waals surface area (Å²) in [5.41, 5.74) is 1.64. The molecule has 0 aliphatic carbocycles. The number of hydrogen-bond acceptors (Lipinski definition) is 2. The third-order valence-electron chi connectivity index (χ3n) is 3.56. The summed E-state index contributed by atoms with van der Waals surface area (Å²) in [5.74, 6) is -0.141. The van der Waals surface area contributed by atoms with Gasteiger partial charge in [-0.3, -0.25) is 9.59 Å². The average Bonchev–Trinajstić information content (AvgIpc) is 2.55. The molecule has 0 spiro atoms. The van der Waals surface area contributed by atoms with E-state index < -0.39 is 0 Å². The van der Waals surface area contributed by atoms with Gasteiger partial charge in [-0.05, 0) is 23.1 Å². The van der Waals surface area contributed by atoms with Gasteiger partial charge in [-0.25, -0.2) is 0 Å². The summed E-state index contributed by atoms with van der Waals surface area (Å²) in [6.07, 6.45) is 5.47. The Morgan fingerprint density at radius 1 is 1.27 bits per heavy atom. The summed E-state index contributed by atoms with van der Waals surface area (Å²) < 4.78 is 1.62. The van der Waals surface area contributed by atoms with Crippen LogP contribution in [0.5, 0.6) is 0 Å². The summed E-state index contributed by atoms with van der Waals surface area (Å²) in [6, 6.07) is 9.24. The average molecular weight is 293 g/mol. The number of pyridine rings is 1. The van der Waals surface area contributed by atoms with Crippen molar-refractivity contribution < 1.29 is 4.79 Å². The van der Waals surface area contributed by atoms with E-state index >= 15 is 0 Å². The van der Waals surface area contributed by atoms with Crippen molar-refractivity contribution in [1.82, 2.24) is 4.57 Å². The molecule has 2 aromatic rings. The molecule has 112 valence electrons. The molecule has 0 N–H and O–H groups in total. The number of rotatable bonds is 6. The number of hydrogen-bond donors (Lipinski definition) is 0. The number of carbonyl (C=O) groups is 1. The van der Waals surface area contributed by atoms with Crippen LogP contribution in [0, 0.1) is 0 Å². The first kappa shape index (κ1) is 15.7. The molecule has 1 aromatic heterocycles. The summed E-state index contributed by atoms with van der Waals surface area (Å²) in [4.78, 5) is 24.7. The second kappa shape index (κ2) is 6.85. The highest BCUT2D eigenvalue weighted by atomic mass is 16.1. The first-order valence-electron chi connectivity index (χ1n) is 7.22. The first-order chi connectivity index (χ1) is 10.6. The summed E-state index contributed by atoms with van der Waals surface area (Å²) >= 11 is 0. The normalized spacial score (nSPS) is 11.4. The van der Waals surface area contributed by atoms with Crippen LogP contribution in [0.1, 0.15) is 23.7 Å². The molecule has 22 heavy (non-hydrogen) atoms. The van der Waals surface area contributed by atoms with Gasteiger partial charge in [-0.2, -0.15) is 0 Å². The van der Waals surface area contributed by atoms with Crippen LogP contribution >= 0.6 is 0 Å². The maximum Gasteiger partial charge on any atom is 0.262 e. The zero-order chi connectivity index (χ0) is 16.1. The van der Waals surface area contributed by atoms with Gasteiger partial charge in [0.05, 0.1) is 17.6 Å². The van der Waals surface area contributed by atoms with Gasteiger partial charge in [0.25, 0.3) is 5.56 Å². The second-order valence-electron chi connectivity index (χ2n) is 4.97. The Hall–Kier alpha value is -2.68. The van der Waals surface area contributed by atoms with Crippen LogP contribution in [0.2, 0.25) is 0 Å². The number of Topliss-reactive ketones (excluding diaryl/α,β-unsaturated/α-hetero) is 1. The lowest BCUT2D eigenvalue weighted by atomic mass is 10.1. The Kier molecular flexibility index (Phi) is 4.89. The SMILES string of the molecule is C=CC=C(C=C)Cn1c(=O)c(C(=O)CC)cc2ccccc21. The number of nitrogens with zero attached hydrogens (tertiary/aromatic N) is 1. The van der Waals surface area contributed by atoms with Gasteiger partial charge >= 0.3 is 0 Å². The fourth-order valence-electron chi connectivity index (χ4n) is 2.39. The third-order valence-corrected chi connectivity index (χ3v) is 3.56. The number of allylic oxidation sites excluding steroid dienone is 4. The molecule has 1 aromatic carbocycles. The van der Waals surface area contributed by atoms with Crippen LogP contribution in [-0.2, 0) is 6.54 Å². The number of carbonyl (C=O) groups excluding carboxylic acids is 1. The Morgan fingerprint density at radius 2 is 2.00 bits per heavy atom. The van der Waals surface area contributed by atoms with E-state index in [9.17, 15) is 9.59 Å². The molecule has 0 fully saturated rings. The van der Waals surface area contributed by atoms with Gasteiger partial charge in [0.15, 0.2) is 5.78 Å². The molecule has 0 aliphatic rings. The van der Waals surface area contributed by atoms with Gasteiger partial charge in [0.2, 0.25) is 0 Å². The van der Waals surface area contributed by atoms with Gasteiger partial charge in [0, 0.05) is 6.42 Å². The standard InChI is InChI=1S/C19H19NO2/c1-4-9-14(5-2)13-20-17-11-8-7-10-15(17)12-16(19(20)22)18(21)6-3/h4-5,7-12H,1-2,6,13H2,3H3. The number of fused-ring (bicyclic) bond motifs is 1. The van der Waals surface area contributed by atoms with E-state index in [0.717, 1.165) is 16.5 Å². The monoisotopic (exact) mass is 293 g/mol. The van der Waals surface area contributed by atoms with Crippen molar-refractivity contribution in [2.45, 2.75) is 19.9 Å². The van der Waals surface area contributed by atoms with Crippen LogP contribution in [-0.4, -0.2) is 10.4 Å². The molecule has 3 nitrogen and oxygen atoms in total. The molecule has 0 atom stereocenters. The van der Waals surface area contributed by atoms with E-state index in [2.05, 4.69) is 13.2 Å². The highest BCUT2D eigenvalue weighted by molar-refractivity contribution is 5.98. The number of benzene rings is 1. The Balaban J connectivity index is 2.74. The zero-order valence-corrected chi connectivity index (χ0v) is 12.7. The molecule has 0 saturated heterocycles. The Bertz CT molecular complexity index is 825. The second-order valence-corrected chi connectivity index (χ2v) is 4.97. The highest BCUT2D eigenvalue weighted by Gasteiger charge is 2.14. The lowest BCUT2D eigenvalue weighted by molar-refractivity contribution is 0.0986. The van der Waals surface area contributed by atoms with Crippen LogP contribution in [0.4, 0.5) is 0 Å². The topological polar surface area (TPSA) is 39.1 Å². The first-order valence-corrected chi connectivity index (χ1v) is 7.22. The van der Waals surface area contributed by atoms with Crippen molar-refractivity contribution in [3.05, 3.63) is 83.2 Å². The maximum atomic E-state index is 12.7. The minimum absolute atomic E-state index is 0.141. The summed E-state index contributed by atoms with van der Waals surface area (Å²) in [6.45, 7) is 9.55. The van der Waals surface area contributed by atoms with Crippen molar-refractivity contribution in [3.8, 4) is 0 Å². The predicted octanol–water partition coefficient (Wildman–Crippen LogP) is 3.89. The largest absolute Gasteiger partial charge is 0.303 e. The predicted molar refractivity (Wildman–Crippen MR) is 91.3 cm³/mol. The van der Waals surface area contributed by atoms with Crippen LogP contribution in [0.15, 0.2) is 72.1 Å². The van der Waals surface area contributed by atoms with Crippen LogP contribution in [0.3, 0.4) is 0 Å². The lowest BCUT2D eigenvalue weighted by Gasteiger charge is -2.13. The van der Waals surface area contributed by atoms with E-state index in [-0.39, 0.29) is 16.9 Å². The van der Waals surface area contributed by atoms with Crippen molar-refractivity contribution in [2.24, 2.45) is 0 Å². The molecular weight excluding hydrogens is 274 g/mol. The van der Waals surface area contributed by atoms with Gasteiger partial charge < -0.3 is 4.57 Å². The molecule has 1 heterocycles. The molecule has 0 bridgehead atoms. The van der Waals surface area contributed by atoms with E-state index in [0.29, 0.717) is 13.0 Å². The summed E-state index contributed by atoms with van der Waals surface area (Å²) in [5, 5.41) is 0.876. The van der Waals surface area contributed by atoms with Crippen molar-refractivity contribution in [3.63, 3.8) is 0 Å². The Labute approximate surface area is 129 Å². The smallest absolute Gasteiger partial charge is 0.262 e. The van der Waals surface area contributed by atoms with Gasteiger partial charge in [-0.1, -0.05) is 56.5 Å². The zero-order valence-electron chi connectivity index (χ0n) is 12.7. The maximum absolute atomic E-state index is 12.7. The van der Waals surface area contributed by atoms with E-state index in [4.69, 9.17) is 0 Å². The molecule has 3 heteroatoms. The van der Waals surface area contributed by atoms with Gasteiger partial charge in [0.1, 0.15) is 0 Å². The molecular formula is C19H19NO2. The van der Waals surface area contributed by atoms with Crippen LogP contribution < -0.4 is 5.56 Å². The van der Waals surface area contributed by atoms with E-state index in [1.165, 1.54) is 0 Å². The van der Waals surface area contributed by atoms with E-state index in [1.807, 2.05) is 30.3 Å². The minimum Gasteiger partial charge on any atom is -0.303 e. The lowest BCUT2D eigenvalue weighted by Crippen LogP contribution is -2.27. The van der Waals surface area contributed by atoms with Crippen molar-refractivity contribution in [2.75, 3.05) is 0 Å². The molecule has 0 amide bonds. The number of aromatic nitrogens is 1. The Morgan fingerprint density at radius 3 is 2.64 bits per heavy atom.